The molecular formula is C17H19NO4. The summed E-state index contributed by atoms with van der Waals surface area (Å²) in [5, 5.41) is 0. The predicted octanol–water partition coefficient (Wildman–Crippen LogP) is 2.67. The molecule has 1 aromatic carbocycles. The zero-order valence-electron chi connectivity index (χ0n) is 12.7. The highest BCUT2D eigenvalue weighted by atomic mass is 16.5. The average molecular weight is 301 g/mol. The van der Waals surface area contributed by atoms with Crippen molar-refractivity contribution in [3.8, 4) is 17.2 Å². The van der Waals surface area contributed by atoms with E-state index in [0.29, 0.717) is 13.2 Å². The second-order valence-electron chi connectivity index (χ2n) is 6.16. The summed E-state index contributed by atoms with van der Waals surface area (Å²) in [5.41, 5.74) is 2.75. The molecule has 0 saturated heterocycles. The van der Waals surface area contributed by atoms with E-state index in [1.807, 2.05) is 6.08 Å². The van der Waals surface area contributed by atoms with Gasteiger partial charge < -0.3 is 14.2 Å². The lowest BCUT2D eigenvalue weighted by molar-refractivity contribution is 0.323. The van der Waals surface area contributed by atoms with E-state index in [-0.39, 0.29) is 0 Å². The van der Waals surface area contributed by atoms with Crippen LogP contribution in [-0.4, -0.2) is 26.4 Å². The second kappa shape index (κ2) is 5.03. The Bertz CT molecular complexity index is 635. The van der Waals surface area contributed by atoms with Gasteiger partial charge in [-0.3, -0.25) is 0 Å². The highest BCUT2D eigenvalue weighted by Crippen LogP contribution is 2.56. The number of hydrogen-bond donors (Lipinski definition) is 0. The van der Waals surface area contributed by atoms with Crippen molar-refractivity contribution in [1.29, 1.82) is 0 Å². The normalized spacial score (nSPS) is 20.6. The average Bonchev–Trinajstić information content (AvgIpc) is 3.25. The third-order valence-corrected chi connectivity index (χ3v) is 5.11. The summed E-state index contributed by atoms with van der Waals surface area (Å²) in [6.07, 6.45) is 7.31. The maximum absolute atomic E-state index is 11.1. The third-order valence-electron chi connectivity index (χ3n) is 5.11. The number of methoxy groups -OCH3 is 1. The molecule has 116 valence electrons. The molecule has 1 fully saturated rings. The van der Waals surface area contributed by atoms with Gasteiger partial charge in [-0.1, -0.05) is 12.8 Å². The molecule has 0 unspecified atom stereocenters. The van der Waals surface area contributed by atoms with Gasteiger partial charge in [-0.25, -0.2) is 4.79 Å². The summed E-state index contributed by atoms with van der Waals surface area (Å²) >= 11 is 0. The van der Waals surface area contributed by atoms with E-state index in [2.05, 4.69) is 4.99 Å². The van der Waals surface area contributed by atoms with Crippen molar-refractivity contribution >= 4 is 6.08 Å². The molecule has 0 amide bonds. The summed E-state index contributed by atoms with van der Waals surface area (Å²) in [7, 11) is 1.67. The van der Waals surface area contributed by atoms with Crippen LogP contribution in [0.25, 0.3) is 0 Å². The van der Waals surface area contributed by atoms with Crippen LogP contribution in [0.15, 0.2) is 4.99 Å². The highest BCUT2D eigenvalue weighted by Gasteiger charge is 2.45. The molecule has 4 rings (SSSR count). The van der Waals surface area contributed by atoms with Crippen molar-refractivity contribution < 1.29 is 19.0 Å². The molecule has 5 nitrogen and oxygen atoms in total. The third kappa shape index (κ3) is 1.72. The predicted molar refractivity (Wildman–Crippen MR) is 79.7 cm³/mol. The fourth-order valence-electron chi connectivity index (χ4n) is 4.24. The van der Waals surface area contributed by atoms with Crippen molar-refractivity contribution in [3.05, 3.63) is 16.7 Å². The molecule has 1 saturated carbocycles. The van der Waals surface area contributed by atoms with E-state index in [9.17, 15) is 4.79 Å². The fraction of sp³-hybridized carbons (Fsp3) is 0.588. The molecule has 0 atom stereocenters. The molecule has 0 N–H and O–H groups in total. The van der Waals surface area contributed by atoms with Gasteiger partial charge >= 0.3 is 0 Å². The summed E-state index contributed by atoms with van der Waals surface area (Å²) in [6.45, 7) is 1.28. The number of carbonyl (C=O) groups excluding carboxylic acids is 1. The minimum absolute atomic E-state index is 0.486. The molecule has 1 aliphatic carbocycles. The number of ether oxygens (including phenoxy) is 3. The zero-order chi connectivity index (χ0) is 15.2. The van der Waals surface area contributed by atoms with E-state index in [1.165, 1.54) is 0 Å². The minimum atomic E-state index is -0.486. The van der Waals surface area contributed by atoms with Crippen LogP contribution in [0.3, 0.4) is 0 Å². The molecule has 5 heteroatoms. The second-order valence-corrected chi connectivity index (χ2v) is 6.16. The summed E-state index contributed by atoms with van der Waals surface area (Å²) in [4.78, 5) is 15.3. The molecule has 2 aliphatic heterocycles. The van der Waals surface area contributed by atoms with Crippen LogP contribution in [0.2, 0.25) is 0 Å². The molecule has 0 radical (unpaired) electrons. The van der Waals surface area contributed by atoms with Gasteiger partial charge in [-0.15, -0.1) is 0 Å². The topological polar surface area (TPSA) is 57.1 Å². The smallest absolute Gasteiger partial charge is 0.235 e. The van der Waals surface area contributed by atoms with Crippen LogP contribution in [0, 0.1) is 0 Å². The lowest BCUT2D eigenvalue weighted by Crippen LogP contribution is -2.22. The first-order valence-electron chi connectivity index (χ1n) is 7.91. The SMILES string of the molecule is COc1c2c(c(C3(N=C=O)CCCC3)c3c1OCC3)OCC2. The zero-order valence-corrected chi connectivity index (χ0v) is 12.7. The number of nitrogens with zero attached hydrogens (tertiary/aromatic N) is 1. The monoisotopic (exact) mass is 301 g/mol. The van der Waals surface area contributed by atoms with Crippen molar-refractivity contribution in [2.24, 2.45) is 4.99 Å². The van der Waals surface area contributed by atoms with Gasteiger partial charge in [-0.05, 0) is 12.8 Å². The van der Waals surface area contributed by atoms with Crippen molar-refractivity contribution in [2.75, 3.05) is 20.3 Å². The van der Waals surface area contributed by atoms with Gasteiger partial charge in [0.05, 0.1) is 20.3 Å². The lowest BCUT2D eigenvalue weighted by atomic mass is 9.82. The first-order valence-corrected chi connectivity index (χ1v) is 7.91. The fourth-order valence-corrected chi connectivity index (χ4v) is 4.24. The maximum atomic E-state index is 11.1. The standard InChI is InChI=1S/C17H19NO4/c1-20-15-12-5-9-21-14(12)13(11-4-8-22-16(11)15)17(18-10-19)6-2-3-7-17/h2-9H2,1H3. The molecular weight excluding hydrogens is 282 g/mol. The minimum Gasteiger partial charge on any atom is -0.492 e. The van der Waals surface area contributed by atoms with Gasteiger partial charge in [0.1, 0.15) is 11.3 Å². The van der Waals surface area contributed by atoms with Crippen molar-refractivity contribution in [1.82, 2.24) is 0 Å². The number of isocyanates is 1. The Morgan fingerprint density at radius 3 is 2.45 bits per heavy atom. The number of aliphatic imine (C=N–C) groups is 1. The number of fused-ring (bicyclic) bond motifs is 2. The first kappa shape index (κ1) is 13.6. The van der Waals surface area contributed by atoms with E-state index >= 15 is 0 Å². The molecule has 2 heterocycles. The Labute approximate surface area is 129 Å². The van der Waals surface area contributed by atoms with Crippen molar-refractivity contribution in [2.45, 2.75) is 44.1 Å². The van der Waals surface area contributed by atoms with Crippen LogP contribution in [0.5, 0.6) is 17.2 Å². The highest BCUT2D eigenvalue weighted by molar-refractivity contribution is 5.67. The Morgan fingerprint density at radius 1 is 1.09 bits per heavy atom. The van der Waals surface area contributed by atoms with E-state index in [1.54, 1.807) is 7.11 Å². The van der Waals surface area contributed by atoms with E-state index < -0.39 is 5.54 Å². The van der Waals surface area contributed by atoms with E-state index in [0.717, 1.165) is 72.5 Å². The number of rotatable bonds is 3. The van der Waals surface area contributed by atoms with Crippen LogP contribution in [-0.2, 0) is 23.2 Å². The molecule has 1 aromatic rings. The van der Waals surface area contributed by atoms with Crippen molar-refractivity contribution in [3.63, 3.8) is 0 Å². The van der Waals surface area contributed by atoms with Gasteiger partial charge in [0.25, 0.3) is 0 Å². The lowest BCUT2D eigenvalue weighted by Gasteiger charge is -2.28. The summed E-state index contributed by atoms with van der Waals surface area (Å²) in [5.74, 6) is 2.50. The van der Waals surface area contributed by atoms with Crippen LogP contribution in [0.4, 0.5) is 0 Å². The summed E-state index contributed by atoms with van der Waals surface area (Å²) < 4.78 is 17.4. The molecule has 0 spiro atoms. The Kier molecular flexibility index (Phi) is 3.12. The van der Waals surface area contributed by atoms with Gasteiger partial charge in [-0.2, -0.15) is 4.99 Å². The number of hydrogen-bond acceptors (Lipinski definition) is 5. The molecule has 22 heavy (non-hydrogen) atoms. The van der Waals surface area contributed by atoms with Gasteiger partial charge in [0, 0.05) is 29.5 Å². The Morgan fingerprint density at radius 2 is 1.77 bits per heavy atom. The Hall–Kier alpha value is -2.00. The molecule has 3 aliphatic rings. The molecule has 0 bridgehead atoms. The van der Waals surface area contributed by atoms with Crippen LogP contribution >= 0.6 is 0 Å². The quantitative estimate of drug-likeness (QED) is 0.636. The van der Waals surface area contributed by atoms with Crippen LogP contribution < -0.4 is 14.2 Å². The van der Waals surface area contributed by atoms with Gasteiger partial charge in [0.2, 0.25) is 6.08 Å². The molecule has 0 aromatic heterocycles. The van der Waals surface area contributed by atoms with Gasteiger partial charge in [0.15, 0.2) is 11.5 Å². The summed E-state index contributed by atoms with van der Waals surface area (Å²) in [6, 6.07) is 0. The number of benzene rings is 1. The van der Waals surface area contributed by atoms with E-state index in [4.69, 9.17) is 14.2 Å². The largest absolute Gasteiger partial charge is 0.492 e. The Balaban J connectivity index is 2.02. The maximum Gasteiger partial charge on any atom is 0.235 e. The first-order chi connectivity index (χ1) is 10.8. The van der Waals surface area contributed by atoms with Crippen LogP contribution in [0.1, 0.15) is 42.4 Å².